The van der Waals surface area contributed by atoms with Crippen molar-refractivity contribution in [2.75, 3.05) is 6.61 Å². The average molecular weight is 567 g/mol. The smallest absolute Gasteiger partial charge is 0.328 e. The van der Waals surface area contributed by atoms with E-state index in [9.17, 15) is 34.2 Å². The Balaban J connectivity index is 1.76. The Bertz CT molecular complexity index is 1380. The molecule has 0 spiro atoms. The molecule has 3 rings (SSSR count). The van der Waals surface area contributed by atoms with Crippen LogP contribution in [0.4, 0.5) is 0 Å². The van der Waals surface area contributed by atoms with Gasteiger partial charge in [0.1, 0.15) is 18.1 Å². The van der Waals surface area contributed by atoms with Crippen LogP contribution in [0.3, 0.4) is 0 Å². The number of aromatic amines is 1. The summed E-state index contributed by atoms with van der Waals surface area (Å²) in [6.45, 7) is -0.862. The molecule has 13 heteroatoms. The second kappa shape index (κ2) is 14.6. The number of aromatic nitrogens is 1. The lowest BCUT2D eigenvalue weighted by Gasteiger charge is -2.25. The van der Waals surface area contributed by atoms with Crippen LogP contribution in [0, 0.1) is 0 Å². The number of carbonyl (C=O) groups is 5. The fraction of sp³-hybridized carbons (Fsp3) is 0.321. The molecule has 13 nitrogen and oxygen atoms in total. The Morgan fingerprint density at radius 3 is 2.07 bits per heavy atom. The third kappa shape index (κ3) is 8.88. The van der Waals surface area contributed by atoms with E-state index in [0.717, 1.165) is 16.5 Å². The zero-order chi connectivity index (χ0) is 29.9. The number of hydrogen-bond donors (Lipinski definition) is 8. The molecule has 10 N–H and O–H groups in total. The zero-order valence-corrected chi connectivity index (χ0v) is 22.2. The lowest BCUT2D eigenvalue weighted by Crippen LogP contribution is -2.58. The van der Waals surface area contributed by atoms with E-state index in [1.807, 2.05) is 24.3 Å². The van der Waals surface area contributed by atoms with Crippen molar-refractivity contribution in [1.29, 1.82) is 0 Å². The van der Waals surface area contributed by atoms with Crippen molar-refractivity contribution in [2.24, 2.45) is 11.5 Å². The molecule has 0 bridgehead atoms. The molecule has 218 valence electrons. The van der Waals surface area contributed by atoms with E-state index in [1.54, 1.807) is 36.5 Å². The average Bonchev–Trinajstić information content (AvgIpc) is 3.36. The summed E-state index contributed by atoms with van der Waals surface area (Å²) in [5.41, 5.74) is 13.8. The maximum atomic E-state index is 13.3. The molecule has 0 aliphatic heterocycles. The molecule has 41 heavy (non-hydrogen) atoms. The molecule has 0 aliphatic carbocycles. The second-order valence-corrected chi connectivity index (χ2v) is 9.57. The first-order valence-corrected chi connectivity index (χ1v) is 13.0. The fourth-order valence-electron chi connectivity index (χ4n) is 4.25. The van der Waals surface area contributed by atoms with Gasteiger partial charge in [-0.05, 0) is 30.0 Å². The molecule has 1 heterocycles. The third-order valence-electron chi connectivity index (χ3n) is 6.48. The molecule has 1 aromatic heterocycles. The van der Waals surface area contributed by atoms with Crippen LogP contribution in [0.15, 0.2) is 60.8 Å². The van der Waals surface area contributed by atoms with Crippen molar-refractivity contribution in [2.45, 2.75) is 49.9 Å². The predicted molar refractivity (Wildman–Crippen MR) is 149 cm³/mol. The molecular weight excluding hydrogens is 532 g/mol. The first-order valence-electron chi connectivity index (χ1n) is 13.0. The standard InChI is InChI=1S/C28H34N6O7/c29-19(13-17-14-31-20-9-5-4-8-18(17)20)25(37)32-21(10-11-24(30)36)26(38)33-22(12-16-6-2-1-3-7-16)27(39)34-23(15-35)28(40)41/h1-9,14,19,21-23,31,35H,10-13,15,29H2,(H2,30,36)(H,32,37)(H,33,38)(H,34,39)(H,40,41). The predicted octanol–water partition coefficient (Wildman–Crippen LogP) is -0.923. The molecule has 0 fully saturated rings. The van der Waals surface area contributed by atoms with E-state index in [4.69, 9.17) is 11.5 Å². The summed E-state index contributed by atoms with van der Waals surface area (Å²) in [7, 11) is 0. The van der Waals surface area contributed by atoms with Gasteiger partial charge in [0.25, 0.3) is 0 Å². The number of carbonyl (C=O) groups excluding carboxylic acids is 4. The Labute approximate surface area is 235 Å². The van der Waals surface area contributed by atoms with E-state index in [-0.39, 0.29) is 25.7 Å². The van der Waals surface area contributed by atoms with Gasteiger partial charge >= 0.3 is 5.97 Å². The molecule has 0 aliphatic rings. The number of nitrogens with two attached hydrogens (primary N) is 2. The van der Waals surface area contributed by atoms with Gasteiger partial charge in [0.05, 0.1) is 12.6 Å². The summed E-state index contributed by atoms with van der Waals surface area (Å²) in [6.07, 6.45) is 1.49. The number of aliphatic hydroxyl groups is 1. The number of carboxylic acid groups (broad SMARTS) is 1. The van der Waals surface area contributed by atoms with Gasteiger partial charge in [0.2, 0.25) is 23.6 Å². The number of carboxylic acids is 1. The Hall–Kier alpha value is -4.75. The summed E-state index contributed by atoms with van der Waals surface area (Å²) in [4.78, 5) is 65.2. The highest BCUT2D eigenvalue weighted by atomic mass is 16.4. The van der Waals surface area contributed by atoms with Crippen LogP contribution in [0.5, 0.6) is 0 Å². The van der Waals surface area contributed by atoms with Gasteiger partial charge in [-0.1, -0.05) is 48.5 Å². The van der Waals surface area contributed by atoms with Gasteiger partial charge in [-0.2, -0.15) is 0 Å². The van der Waals surface area contributed by atoms with Crippen LogP contribution in [0.25, 0.3) is 10.9 Å². The molecule has 0 saturated carbocycles. The lowest BCUT2D eigenvalue weighted by atomic mass is 10.0. The van der Waals surface area contributed by atoms with Crippen LogP contribution in [0.1, 0.15) is 24.0 Å². The number of benzene rings is 2. The minimum Gasteiger partial charge on any atom is -0.480 e. The summed E-state index contributed by atoms with van der Waals surface area (Å²) in [5.74, 6) is -4.48. The zero-order valence-electron chi connectivity index (χ0n) is 22.2. The summed E-state index contributed by atoms with van der Waals surface area (Å²) in [5, 5.41) is 26.7. The first kappa shape index (κ1) is 30.8. The number of H-pyrrole nitrogens is 1. The van der Waals surface area contributed by atoms with Gasteiger partial charge in [-0.3, -0.25) is 19.2 Å². The number of primary amides is 1. The highest BCUT2D eigenvalue weighted by molar-refractivity contribution is 5.95. The number of aliphatic hydroxyl groups excluding tert-OH is 1. The highest BCUT2D eigenvalue weighted by Gasteiger charge is 2.30. The largest absolute Gasteiger partial charge is 0.480 e. The van der Waals surface area contributed by atoms with E-state index >= 15 is 0 Å². The maximum Gasteiger partial charge on any atom is 0.328 e. The molecule has 2 aromatic carbocycles. The summed E-state index contributed by atoms with van der Waals surface area (Å²) < 4.78 is 0. The van der Waals surface area contributed by atoms with Gasteiger partial charge in [-0.25, -0.2) is 4.79 Å². The minimum absolute atomic E-state index is 0.0211. The van der Waals surface area contributed by atoms with Crippen LogP contribution < -0.4 is 27.4 Å². The summed E-state index contributed by atoms with van der Waals surface area (Å²) >= 11 is 0. The molecule has 4 unspecified atom stereocenters. The third-order valence-corrected chi connectivity index (χ3v) is 6.48. The van der Waals surface area contributed by atoms with E-state index in [2.05, 4.69) is 20.9 Å². The Morgan fingerprint density at radius 2 is 1.41 bits per heavy atom. The molecule has 0 radical (unpaired) electrons. The maximum absolute atomic E-state index is 13.3. The van der Waals surface area contributed by atoms with Crippen molar-refractivity contribution in [3.63, 3.8) is 0 Å². The van der Waals surface area contributed by atoms with E-state index in [0.29, 0.717) is 5.56 Å². The molecule has 0 saturated heterocycles. The quantitative estimate of drug-likeness (QED) is 0.114. The Morgan fingerprint density at radius 1 is 0.805 bits per heavy atom. The van der Waals surface area contributed by atoms with Crippen LogP contribution in [-0.2, 0) is 36.8 Å². The van der Waals surface area contributed by atoms with Crippen molar-refractivity contribution in [1.82, 2.24) is 20.9 Å². The summed E-state index contributed by atoms with van der Waals surface area (Å²) in [6, 6.07) is 11.0. The van der Waals surface area contributed by atoms with Crippen molar-refractivity contribution < 1.29 is 34.2 Å². The highest BCUT2D eigenvalue weighted by Crippen LogP contribution is 2.19. The fourth-order valence-corrected chi connectivity index (χ4v) is 4.25. The SMILES string of the molecule is NC(=O)CCC(NC(=O)C(N)Cc1c[nH]c2ccccc12)C(=O)NC(Cc1ccccc1)C(=O)NC(CO)C(=O)O. The van der Waals surface area contributed by atoms with E-state index < -0.39 is 60.4 Å². The number of amides is 4. The van der Waals surface area contributed by atoms with Crippen LogP contribution in [-0.4, -0.2) is 75.6 Å². The van der Waals surface area contributed by atoms with Crippen molar-refractivity contribution in [3.05, 3.63) is 71.9 Å². The molecule has 3 aromatic rings. The van der Waals surface area contributed by atoms with Gasteiger partial charge in [0, 0.05) is 29.9 Å². The van der Waals surface area contributed by atoms with Crippen LogP contribution in [0.2, 0.25) is 0 Å². The number of aliphatic carboxylic acids is 1. The number of hydrogen-bond acceptors (Lipinski definition) is 7. The molecule has 4 amide bonds. The van der Waals surface area contributed by atoms with Gasteiger partial charge in [0.15, 0.2) is 0 Å². The lowest BCUT2D eigenvalue weighted by molar-refractivity contribution is -0.143. The monoisotopic (exact) mass is 566 g/mol. The van der Waals surface area contributed by atoms with Gasteiger partial charge in [-0.15, -0.1) is 0 Å². The van der Waals surface area contributed by atoms with Crippen molar-refractivity contribution in [3.8, 4) is 0 Å². The number of nitrogens with one attached hydrogen (secondary N) is 4. The van der Waals surface area contributed by atoms with Crippen LogP contribution >= 0.6 is 0 Å². The van der Waals surface area contributed by atoms with Gasteiger partial charge < -0.3 is 42.6 Å². The number of para-hydroxylation sites is 1. The number of rotatable bonds is 15. The topological polar surface area (TPSA) is 230 Å². The minimum atomic E-state index is -1.59. The second-order valence-electron chi connectivity index (χ2n) is 9.57. The van der Waals surface area contributed by atoms with Crippen molar-refractivity contribution >= 4 is 40.5 Å². The molecule has 4 atom stereocenters. The van der Waals surface area contributed by atoms with E-state index in [1.165, 1.54) is 0 Å². The first-order chi connectivity index (χ1) is 19.6. The number of fused-ring (bicyclic) bond motifs is 1. The Kier molecular flexibility index (Phi) is 11.0. The molecular formula is C28H34N6O7. The normalized spacial score (nSPS) is 13.9.